The third-order valence-corrected chi connectivity index (χ3v) is 3.62. The van der Waals surface area contributed by atoms with Gasteiger partial charge in [-0.05, 0) is 19.8 Å². The Hall–Kier alpha value is -0.740. The number of carbonyl (C=O) groups excluding carboxylic acids is 1. The van der Waals surface area contributed by atoms with Crippen molar-refractivity contribution in [3.05, 3.63) is 16.1 Å². The van der Waals surface area contributed by atoms with E-state index in [1.807, 2.05) is 12.3 Å². The number of carbonyl (C=O) groups is 1. The standard InChI is InChI=1S/C10H13NO2S/c1-7(12)8-6-14-9(11-8)10(2)4-3-5-13-10/h6H,3-5H2,1-2H3. The molecule has 76 valence electrons. The van der Waals surface area contributed by atoms with E-state index < -0.39 is 0 Å². The van der Waals surface area contributed by atoms with Crippen LogP contribution in [0.15, 0.2) is 5.38 Å². The Kier molecular flexibility index (Phi) is 2.41. The third-order valence-electron chi connectivity index (χ3n) is 2.54. The summed E-state index contributed by atoms with van der Waals surface area (Å²) in [4.78, 5) is 15.4. The van der Waals surface area contributed by atoms with Crippen molar-refractivity contribution >= 4 is 17.1 Å². The van der Waals surface area contributed by atoms with Gasteiger partial charge in [0.1, 0.15) is 16.3 Å². The molecular formula is C10H13NO2S. The first-order chi connectivity index (χ1) is 6.62. The molecule has 1 saturated heterocycles. The maximum atomic E-state index is 11.1. The number of thiazole rings is 1. The third kappa shape index (κ3) is 1.60. The summed E-state index contributed by atoms with van der Waals surface area (Å²) >= 11 is 1.52. The highest BCUT2D eigenvalue weighted by atomic mass is 32.1. The summed E-state index contributed by atoms with van der Waals surface area (Å²) < 4.78 is 5.66. The van der Waals surface area contributed by atoms with Crippen molar-refractivity contribution in [2.45, 2.75) is 32.3 Å². The van der Waals surface area contributed by atoms with Gasteiger partial charge in [-0.3, -0.25) is 4.79 Å². The predicted octanol–water partition coefficient (Wildman–Crippen LogP) is 2.37. The fourth-order valence-corrected chi connectivity index (χ4v) is 2.63. The van der Waals surface area contributed by atoms with E-state index in [0.717, 1.165) is 24.5 Å². The summed E-state index contributed by atoms with van der Waals surface area (Å²) in [6.07, 6.45) is 2.07. The molecule has 3 nitrogen and oxygen atoms in total. The Bertz CT molecular complexity index is 353. The lowest BCUT2D eigenvalue weighted by Crippen LogP contribution is -2.19. The lowest BCUT2D eigenvalue weighted by atomic mass is 10.0. The molecule has 14 heavy (non-hydrogen) atoms. The Labute approximate surface area is 87.1 Å². The number of Topliss-reactive ketones (excluding diaryl/α,β-unsaturated/α-hetero) is 1. The average molecular weight is 211 g/mol. The Morgan fingerprint density at radius 2 is 2.50 bits per heavy atom. The summed E-state index contributed by atoms with van der Waals surface area (Å²) in [5, 5.41) is 2.74. The highest BCUT2D eigenvalue weighted by Crippen LogP contribution is 2.37. The van der Waals surface area contributed by atoms with E-state index in [1.54, 1.807) is 0 Å². The van der Waals surface area contributed by atoms with Gasteiger partial charge in [-0.25, -0.2) is 4.98 Å². The maximum absolute atomic E-state index is 11.1. The van der Waals surface area contributed by atoms with Crippen LogP contribution < -0.4 is 0 Å². The van der Waals surface area contributed by atoms with Gasteiger partial charge in [0, 0.05) is 18.9 Å². The molecule has 1 aliphatic heterocycles. The van der Waals surface area contributed by atoms with Gasteiger partial charge >= 0.3 is 0 Å². The molecule has 0 radical (unpaired) electrons. The second kappa shape index (κ2) is 3.44. The summed E-state index contributed by atoms with van der Waals surface area (Å²) in [6, 6.07) is 0. The zero-order valence-corrected chi connectivity index (χ0v) is 9.19. The van der Waals surface area contributed by atoms with Gasteiger partial charge in [-0.15, -0.1) is 11.3 Å². The van der Waals surface area contributed by atoms with Crippen molar-refractivity contribution in [3.8, 4) is 0 Å². The van der Waals surface area contributed by atoms with E-state index in [0.29, 0.717) is 5.69 Å². The van der Waals surface area contributed by atoms with E-state index in [4.69, 9.17) is 4.74 Å². The highest BCUT2D eigenvalue weighted by Gasteiger charge is 2.34. The van der Waals surface area contributed by atoms with E-state index in [1.165, 1.54) is 18.3 Å². The first-order valence-electron chi connectivity index (χ1n) is 4.73. The minimum absolute atomic E-state index is 0.0223. The fraction of sp³-hybridized carbons (Fsp3) is 0.600. The van der Waals surface area contributed by atoms with Gasteiger partial charge in [0.2, 0.25) is 0 Å². The van der Waals surface area contributed by atoms with E-state index in [9.17, 15) is 4.79 Å². The van der Waals surface area contributed by atoms with Crippen LogP contribution in [0.25, 0.3) is 0 Å². The Morgan fingerprint density at radius 1 is 1.71 bits per heavy atom. The summed E-state index contributed by atoms with van der Waals surface area (Å²) in [7, 11) is 0. The van der Waals surface area contributed by atoms with Gasteiger partial charge in [0.25, 0.3) is 0 Å². The number of aromatic nitrogens is 1. The summed E-state index contributed by atoms with van der Waals surface area (Å²) in [5.41, 5.74) is 0.306. The molecule has 0 bridgehead atoms. The minimum Gasteiger partial charge on any atom is -0.368 e. The zero-order chi connectivity index (χ0) is 10.2. The zero-order valence-electron chi connectivity index (χ0n) is 8.37. The second-order valence-electron chi connectivity index (χ2n) is 3.78. The van der Waals surface area contributed by atoms with Crippen molar-refractivity contribution in [2.75, 3.05) is 6.61 Å². The molecule has 1 aromatic heterocycles. The molecular weight excluding hydrogens is 198 g/mol. The van der Waals surface area contributed by atoms with Crippen LogP contribution in [-0.4, -0.2) is 17.4 Å². The molecule has 0 spiro atoms. The number of ether oxygens (including phenoxy) is 1. The number of hydrogen-bond acceptors (Lipinski definition) is 4. The fourth-order valence-electron chi connectivity index (χ4n) is 1.63. The number of nitrogens with zero attached hydrogens (tertiary/aromatic N) is 1. The average Bonchev–Trinajstić information content (AvgIpc) is 2.71. The molecule has 1 unspecified atom stereocenters. The van der Waals surface area contributed by atoms with Crippen molar-refractivity contribution < 1.29 is 9.53 Å². The van der Waals surface area contributed by atoms with Crippen LogP contribution in [-0.2, 0) is 10.3 Å². The molecule has 1 fully saturated rings. The van der Waals surface area contributed by atoms with Gasteiger partial charge < -0.3 is 4.74 Å². The maximum Gasteiger partial charge on any atom is 0.178 e. The van der Waals surface area contributed by atoms with Crippen molar-refractivity contribution in [2.24, 2.45) is 0 Å². The quantitative estimate of drug-likeness (QED) is 0.705. The largest absolute Gasteiger partial charge is 0.368 e. The second-order valence-corrected chi connectivity index (χ2v) is 4.64. The van der Waals surface area contributed by atoms with Crippen LogP contribution in [0.2, 0.25) is 0 Å². The van der Waals surface area contributed by atoms with Gasteiger partial charge in [0.05, 0.1) is 0 Å². The van der Waals surface area contributed by atoms with Gasteiger partial charge in [-0.2, -0.15) is 0 Å². The normalized spacial score (nSPS) is 26.7. The van der Waals surface area contributed by atoms with E-state index in [-0.39, 0.29) is 11.4 Å². The topological polar surface area (TPSA) is 39.2 Å². The lowest BCUT2D eigenvalue weighted by molar-refractivity contribution is 0.0166. The molecule has 0 saturated carbocycles. The van der Waals surface area contributed by atoms with Gasteiger partial charge in [-0.1, -0.05) is 0 Å². The van der Waals surface area contributed by atoms with Crippen LogP contribution in [0, 0.1) is 0 Å². The first-order valence-corrected chi connectivity index (χ1v) is 5.61. The Balaban J connectivity index is 2.28. The van der Waals surface area contributed by atoms with Crippen LogP contribution in [0.1, 0.15) is 42.2 Å². The van der Waals surface area contributed by atoms with E-state index >= 15 is 0 Å². The number of hydrogen-bond donors (Lipinski definition) is 0. The molecule has 0 N–H and O–H groups in total. The molecule has 1 atom stereocenters. The molecule has 2 rings (SSSR count). The highest BCUT2D eigenvalue weighted by molar-refractivity contribution is 7.10. The van der Waals surface area contributed by atoms with Crippen molar-refractivity contribution in [3.63, 3.8) is 0 Å². The van der Waals surface area contributed by atoms with Crippen molar-refractivity contribution in [1.82, 2.24) is 4.98 Å². The monoisotopic (exact) mass is 211 g/mol. The van der Waals surface area contributed by atoms with Crippen molar-refractivity contribution in [1.29, 1.82) is 0 Å². The Morgan fingerprint density at radius 3 is 3.00 bits per heavy atom. The smallest absolute Gasteiger partial charge is 0.178 e. The minimum atomic E-state index is -0.252. The molecule has 1 aliphatic rings. The lowest BCUT2D eigenvalue weighted by Gasteiger charge is -2.19. The van der Waals surface area contributed by atoms with Crippen LogP contribution in [0.3, 0.4) is 0 Å². The molecule has 1 aromatic rings. The SMILES string of the molecule is CC(=O)c1csc(C2(C)CCCO2)n1. The molecule has 0 aliphatic carbocycles. The summed E-state index contributed by atoms with van der Waals surface area (Å²) in [5.74, 6) is 0.0223. The molecule has 0 amide bonds. The van der Waals surface area contributed by atoms with E-state index in [2.05, 4.69) is 4.98 Å². The summed E-state index contributed by atoms with van der Waals surface area (Å²) in [6.45, 7) is 4.38. The van der Waals surface area contributed by atoms with Crippen LogP contribution in [0.5, 0.6) is 0 Å². The van der Waals surface area contributed by atoms with Gasteiger partial charge in [0.15, 0.2) is 5.78 Å². The molecule has 4 heteroatoms. The van der Waals surface area contributed by atoms with Crippen LogP contribution >= 0.6 is 11.3 Å². The predicted molar refractivity (Wildman–Crippen MR) is 54.7 cm³/mol. The van der Waals surface area contributed by atoms with Crippen LogP contribution in [0.4, 0.5) is 0 Å². The number of rotatable bonds is 2. The molecule has 0 aromatic carbocycles. The molecule has 2 heterocycles. The number of ketones is 1. The first kappa shape index (κ1) is 9.80.